The SMILES string of the molecule is C[C@@H](NC(=O)c1cc(-c2ccc3[nH]ncc3c2)on1)c1cccc2ccccc12. The van der Waals surface area contributed by atoms with E-state index in [-0.39, 0.29) is 17.6 Å². The molecular weight excluding hydrogens is 364 g/mol. The zero-order chi connectivity index (χ0) is 19.8. The van der Waals surface area contributed by atoms with Gasteiger partial charge in [-0.25, -0.2) is 0 Å². The average Bonchev–Trinajstić information content (AvgIpc) is 3.42. The largest absolute Gasteiger partial charge is 0.355 e. The molecule has 142 valence electrons. The van der Waals surface area contributed by atoms with Crippen LogP contribution >= 0.6 is 0 Å². The van der Waals surface area contributed by atoms with Crippen LogP contribution in [0, 0.1) is 0 Å². The van der Waals surface area contributed by atoms with Crippen LogP contribution in [0.3, 0.4) is 0 Å². The Labute approximate surface area is 166 Å². The fourth-order valence-electron chi connectivity index (χ4n) is 3.59. The van der Waals surface area contributed by atoms with Gasteiger partial charge in [-0.1, -0.05) is 47.6 Å². The Morgan fingerprint density at radius 1 is 1.03 bits per heavy atom. The van der Waals surface area contributed by atoms with E-state index in [1.54, 1.807) is 12.3 Å². The summed E-state index contributed by atoms with van der Waals surface area (Å²) in [5.74, 6) is 0.265. The highest BCUT2D eigenvalue weighted by molar-refractivity contribution is 5.94. The molecule has 0 bridgehead atoms. The van der Waals surface area contributed by atoms with Gasteiger partial charge in [-0.05, 0) is 41.5 Å². The summed E-state index contributed by atoms with van der Waals surface area (Å²) in [7, 11) is 0. The lowest BCUT2D eigenvalue weighted by molar-refractivity contribution is 0.0931. The Hall–Kier alpha value is -3.93. The molecule has 0 saturated carbocycles. The van der Waals surface area contributed by atoms with Gasteiger partial charge < -0.3 is 9.84 Å². The quantitative estimate of drug-likeness (QED) is 0.465. The van der Waals surface area contributed by atoms with Crippen molar-refractivity contribution in [2.24, 2.45) is 0 Å². The summed E-state index contributed by atoms with van der Waals surface area (Å²) in [6.45, 7) is 1.97. The van der Waals surface area contributed by atoms with Gasteiger partial charge >= 0.3 is 0 Å². The standard InChI is InChI=1S/C23H18N4O2/c1-14(18-8-4-6-15-5-2-3-7-19(15)18)25-23(28)21-12-22(29-27-21)16-9-10-20-17(11-16)13-24-26-20/h2-14H,1H3,(H,24,26)(H,25,28)/t14-/m1/s1. The second-order valence-corrected chi connectivity index (χ2v) is 7.01. The Morgan fingerprint density at radius 2 is 1.90 bits per heavy atom. The number of nitrogens with zero attached hydrogens (tertiary/aromatic N) is 2. The molecule has 0 aliphatic carbocycles. The van der Waals surface area contributed by atoms with Crippen molar-refractivity contribution >= 4 is 27.6 Å². The van der Waals surface area contributed by atoms with Gasteiger partial charge in [0, 0.05) is 17.0 Å². The normalized spacial score (nSPS) is 12.3. The number of H-pyrrole nitrogens is 1. The van der Waals surface area contributed by atoms with E-state index in [1.807, 2.05) is 49.4 Å². The monoisotopic (exact) mass is 382 g/mol. The minimum absolute atomic E-state index is 0.170. The Morgan fingerprint density at radius 3 is 2.83 bits per heavy atom. The van der Waals surface area contributed by atoms with Crippen molar-refractivity contribution in [3.8, 4) is 11.3 Å². The van der Waals surface area contributed by atoms with Crippen molar-refractivity contribution in [3.63, 3.8) is 0 Å². The van der Waals surface area contributed by atoms with E-state index in [4.69, 9.17) is 4.52 Å². The molecule has 6 heteroatoms. The van der Waals surface area contributed by atoms with Crippen LogP contribution in [0.2, 0.25) is 0 Å². The third-order valence-electron chi connectivity index (χ3n) is 5.10. The van der Waals surface area contributed by atoms with E-state index in [0.717, 1.165) is 32.8 Å². The van der Waals surface area contributed by atoms with Crippen LogP contribution in [0.5, 0.6) is 0 Å². The van der Waals surface area contributed by atoms with Crippen LogP contribution in [-0.2, 0) is 0 Å². The fourth-order valence-corrected chi connectivity index (χ4v) is 3.59. The molecule has 0 aliphatic heterocycles. The van der Waals surface area contributed by atoms with Crippen molar-refractivity contribution in [1.82, 2.24) is 20.7 Å². The molecule has 3 aromatic carbocycles. The first kappa shape index (κ1) is 17.2. The summed E-state index contributed by atoms with van der Waals surface area (Å²) in [5.41, 5.74) is 3.09. The predicted octanol–water partition coefficient (Wildman–Crippen LogP) is 4.86. The van der Waals surface area contributed by atoms with E-state index < -0.39 is 0 Å². The van der Waals surface area contributed by atoms with Gasteiger partial charge in [-0.15, -0.1) is 0 Å². The third-order valence-corrected chi connectivity index (χ3v) is 5.10. The highest BCUT2D eigenvalue weighted by atomic mass is 16.5. The summed E-state index contributed by atoms with van der Waals surface area (Å²) in [5, 5.41) is 17.1. The number of benzene rings is 3. The molecule has 29 heavy (non-hydrogen) atoms. The molecule has 0 unspecified atom stereocenters. The van der Waals surface area contributed by atoms with Crippen LogP contribution in [-0.4, -0.2) is 21.3 Å². The first-order chi connectivity index (χ1) is 14.2. The van der Waals surface area contributed by atoms with Gasteiger partial charge in [0.1, 0.15) is 0 Å². The molecule has 0 radical (unpaired) electrons. The van der Waals surface area contributed by atoms with Crippen LogP contribution in [0.25, 0.3) is 33.0 Å². The third kappa shape index (κ3) is 3.14. The van der Waals surface area contributed by atoms with Crippen LogP contribution < -0.4 is 5.32 Å². The molecule has 0 spiro atoms. The highest BCUT2D eigenvalue weighted by Gasteiger charge is 2.18. The lowest BCUT2D eigenvalue weighted by atomic mass is 9.99. The van der Waals surface area contributed by atoms with Gasteiger partial charge in [-0.2, -0.15) is 5.10 Å². The fraction of sp³-hybridized carbons (Fsp3) is 0.0870. The van der Waals surface area contributed by atoms with Gasteiger partial charge in [0.2, 0.25) is 0 Å². The number of carbonyl (C=O) groups is 1. The highest BCUT2D eigenvalue weighted by Crippen LogP contribution is 2.26. The number of fused-ring (bicyclic) bond motifs is 2. The summed E-state index contributed by atoms with van der Waals surface area (Å²) < 4.78 is 5.41. The van der Waals surface area contributed by atoms with Crippen LogP contribution in [0.1, 0.15) is 29.0 Å². The number of hydrogen-bond acceptors (Lipinski definition) is 4. The van der Waals surface area contributed by atoms with Gasteiger partial charge in [0.15, 0.2) is 11.5 Å². The number of hydrogen-bond donors (Lipinski definition) is 2. The lowest BCUT2D eigenvalue weighted by Crippen LogP contribution is -2.27. The minimum atomic E-state index is -0.273. The Bertz CT molecular complexity index is 1330. The number of aromatic amines is 1. The number of aromatic nitrogens is 3. The van der Waals surface area contributed by atoms with Gasteiger partial charge in [0.25, 0.3) is 5.91 Å². The van der Waals surface area contributed by atoms with Crippen molar-refractivity contribution in [2.75, 3.05) is 0 Å². The summed E-state index contributed by atoms with van der Waals surface area (Å²) in [4.78, 5) is 12.7. The number of amides is 1. The number of carbonyl (C=O) groups excluding carboxylic acids is 1. The van der Waals surface area contributed by atoms with Crippen LogP contribution in [0.15, 0.2) is 77.4 Å². The van der Waals surface area contributed by atoms with E-state index in [2.05, 4.69) is 38.9 Å². The average molecular weight is 382 g/mol. The van der Waals surface area contributed by atoms with E-state index >= 15 is 0 Å². The zero-order valence-electron chi connectivity index (χ0n) is 15.7. The molecule has 6 nitrogen and oxygen atoms in total. The maximum Gasteiger partial charge on any atom is 0.273 e. The smallest absolute Gasteiger partial charge is 0.273 e. The van der Waals surface area contributed by atoms with Gasteiger partial charge in [-0.3, -0.25) is 9.89 Å². The predicted molar refractivity (Wildman–Crippen MR) is 111 cm³/mol. The second kappa shape index (κ2) is 6.91. The van der Waals surface area contributed by atoms with Crippen molar-refractivity contribution in [1.29, 1.82) is 0 Å². The molecule has 2 N–H and O–H groups in total. The van der Waals surface area contributed by atoms with Crippen molar-refractivity contribution < 1.29 is 9.32 Å². The molecule has 0 saturated heterocycles. The lowest BCUT2D eigenvalue weighted by Gasteiger charge is -2.15. The summed E-state index contributed by atoms with van der Waals surface area (Å²) in [6.07, 6.45) is 1.74. The number of nitrogens with one attached hydrogen (secondary N) is 2. The minimum Gasteiger partial charge on any atom is -0.355 e. The van der Waals surface area contributed by atoms with Crippen molar-refractivity contribution in [2.45, 2.75) is 13.0 Å². The van der Waals surface area contributed by atoms with Crippen LogP contribution in [0.4, 0.5) is 0 Å². The molecule has 1 amide bonds. The van der Waals surface area contributed by atoms with E-state index in [9.17, 15) is 4.79 Å². The second-order valence-electron chi connectivity index (χ2n) is 7.01. The molecule has 1 atom stereocenters. The Balaban J connectivity index is 1.38. The first-order valence-corrected chi connectivity index (χ1v) is 9.38. The number of rotatable bonds is 4. The van der Waals surface area contributed by atoms with Crippen molar-refractivity contribution in [3.05, 3.63) is 84.2 Å². The molecule has 5 rings (SSSR count). The summed E-state index contributed by atoms with van der Waals surface area (Å²) >= 11 is 0. The summed E-state index contributed by atoms with van der Waals surface area (Å²) in [6, 6.07) is 21.5. The molecule has 0 fully saturated rings. The van der Waals surface area contributed by atoms with Gasteiger partial charge in [0.05, 0.1) is 17.8 Å². The van der Waals surface area contributed by atoms with E-state index in [0.29, 0.717) is 5.76 Å². The Kier molecular flexibility index (Phi) is 4.09. The maximum atomic E-state index is 12.7. The molecular formula is C23H18N4O2. The van der Waals surface area contributed by atoms with E-state index in [1.165, 1.54) is 0 Å². The molecule has 5 aromatic rings. The molecule has 0 aliphatic rings. The molecule has 2 heterocycles. The maximum absolute atomic E-state index is 12.7. The zero-order valence-corrected chi connectivity index (χ0v) is 15.7. The first-order valence-electron chi connectivity index (χ1n) is 9.38. The molecule has 2 aromatic heterocycles. The topological polar surface area (TPSA) is 83.8 Å².